The number of amides is 1. The van der Waals surface area contributed by atoms with Crippen molar-refractivity contribution >= 4 is 12.4 Å². The molecule has 1 atom stereocenters. The summed E-state index contributed by atoms with van der Waals surface area (Å²) < 4.78 is 4.42. The summed E-state index contributed by atoms with van der Waals surface area (Å²) in [5, 5.41) is 10.2. The van der Waals surface area contributed by atoms with Crippen molar-refractivity contribution in [2.24, 2.45) is 0 Å². The number of nitrogens with one attached hydrogen (secondary N) is 1. The molecule has 1 unspecified atom stereocenters. The number of aldehydes is 1. The number of alkyl carbamates (subject to hydrolysis) is 1. The predicted octanol–water partition coefficient (Wildman–Crippen LogP) is -0.176. The van der Waals surface area contributed by atoms with E-state index in [0.717, 1.165) is 0 Å². The molecule has 60 valence electrons. The van der Waals surface area contributed by atoms with Crippen molar-refractivity contribution in [1.29, 1.82) is 5.26 Å². The molecule has 0 spiro atoms. The number of nitriles is 1. The molecule has 0 radical (unpaired) electrons. The van der Waals surface area contributed by atoms with Gasteiger partial charge in [-0.15, -0.1) is 0 Å². The van der Waals surface area contributed by atoms with Crippen LogP contribution in [0.25, 0.3) is 0 Å². The Kier molecular flexibility index (Phi) is 4.49. The third-order valence-electron chi connectivity index (χ3n) is 0.824. The Bertz CT molecular complexity index is 185. The van der Waals surface area contributed by atoms with E-state index in [1.54, 1.807) is 13.0 Å². The Balaban J connectivity index is 3.74. The zero-order valence-corrected chi connectivity index (χ0v) is 6.03. The first kappa shape index (κ1) is 9.43. The molecular formula is C6H8N2O3. The molecule has 5 heteroatoms. The second-order valence-electron chi connectivity index (χ2n) is 1.61. The Hall–Kier alpha value is -1.57. The van der Waals surface area contributed by atoms with Gasteiger partial charge < -0.3 is 4.74 Å². The SMILES string of the molecule is CCOC(=O)NC(C#N)C=O. The molecule has 0 aliphatic heterocycles. The summed E-state index contributed by atoms with van der Waals surface area (Å²) in [7, 11) is 0. The maximum absolute atomic E-state index is 10.5. The number of hydrogen-bond donors (Lipinski definition) is 1. The number of carbonyl (C=O) groups is 2. The minimum Gasteiger partial charge on any atom is -0.450 e. The molecule has 5 nitrogen and oxygen atoms in total. The summed E-state index contributed by atoms with van der Waals surface area (Å²) >= 11 is 0. The van der Waals surface area contributed by atoms with E-state index in [1.165, 1.54) is 0 Å². The van der Waals surface area contributed by atoms with Crippen LogP contribution in [0.5, 0.6) is 0 Å². The Labute approximate surface area is 63.9 Å². The lowest BCUT2D eigenvalue weighted by molar-refractivity contribution is -0.108. The van der Waals surface area contributed by atoms with Crippen molar-refractivity contribution in [3.8, 4) is 6.07 Å². The summed E-state index contributed by atoms with van der Waals surface area (Å²) in [4.78, 5) is 20.5. The van der Waals surface area contributed by atoms with Gasteiger partial charge in [-0.3, -0.25) is 10.1 Å². The topological polar surface area (TPSA) is 79.2 Å². The number of carbonyl (C=O) groups excluding carboxylic acids is 2. The lowest BCUT2D eigenvalue weighted by Crippen LogP contribution is -2.35. The van der Waals surface area contributed by atoms with E-state index in [9.17, 15) is 9.59 Å². The van der Waals surface area contributed by atoms with Gasteiger partial charge in [-0.2, -0.15) is 5.26 Å². The molecule has 0 aliphatic carbocycles. The fourth-order valence-corrected chi connectivity index (χ4v) is 0.396. The summed E-state index contributed by atoms with van der Waals surface area (Å²) in [6, 6.07) is 0.444. The summed E-state index contributed by atoms with van der Waals surface area (Å²) in [6.45, 7) is 1.84. The van der Waals surface area contributed by atoms with E-state index in [1.807, 2.05) is 5.32 Å². The summed E-state index contributed by atoms with van der Waals surface area (Å²) in [6.07, 6.45) is -0.428. The van der Waals surface area contributed by atoms with Crippen molar-refractivity contribution in [3.05, 3.63) is 0 Å². The first-order chi connectivity index (χ1) is 5.24. The molecule has 0 saturated carbocycles. The minimum absolute atomic E-state index is 0.211. The average Bonchev–Trinajstić information content (AvgIpc) is 2.01. The molecule has 11 heavy (non-hydrogen) atoms. The van der Waals surface area contributed by atoms with E-state index in [4.69, 9.17) is 5.26 Å². The van der Waals surface area contributed by atoms with E-state index < -0.39 is 12.1 Å². The van der Waals surface area contributed by atoms with E-state index in [2.05, 4.69) is 4.74 Å². The van der Waals surface area contributed by atoms with E-state index in [-0.39, 0.29) is 6.61 Å². The Morgan fingerprint density at radius 1 is 1.91 bits per heavy atom. The highest BCUT2D eigenvalue weighted by Gasteiger charge is 2.08. The molecule has 1 N–H and O–H groups in total. The van der Waals surface area contributed by atoms with Crippen molar-refractivity contribution in [3.63, 3.8) is 0 Å². The van der Waals surface area contributed by atoms with Gasteiger partial charge in [0.1, 0.15) is 0 Å². The molecule has 1 amide bonds. The second-order valence-corrected chi connectivity index (χ2v) is 1.61. The molecule has 0 aromatic carbocycles. The zero-order valence-electron chi connectivity index (χ0n) is 6.03. The van der Waals surface area contributed by atoms with Crippen LogP contribution in [0.15, 0.2) is 0 Å². The smallest absolute Gasteiger partial charge is 0.408 e. The molecule has 0 heterocycles. The van der Waals surface area contributed by atoms with Crippen LogP contribution >= 0.6 is 0 Å². The molecule has 0 fully saturated rings. The van der Waals surface area contributed by atoms with Crippen molar-refractivity contribution in [1.82, 2.24) is 5.32 Å². The third kappa shape index (κ3) is 3.92. The molecule has 0 aromatic rings. The second kappa shape index (κ2) is 5.23. The van der Waals surface area contributed by atoms with Gasteiger partial charge in [0.05, 0.1) is 12.7 Å². The van der Waals surface area contributed by atoms with Gasteiger partial charge >= 0.3 is 6.09 Å². The number of ether oxygens (including phenoxy) is 1. The average molecular weight is 156 g/mol. The minimum atomic E-state index is -1.12. The summed E-state index contributed by atoms with van der Waals surface area (Å²) in [5.74, 6) is 0. The van der Waals surface area contributed by atoms with Gasteiger partial charge in [-0.25, -0.2) is 4.79 Å². The molecule has 0 aliphatic rings. The van der Waals surface area contributed by atoms with Crippen molar-refractivity contribution < 1.29 is 14.3 Å². The summed E-state index contributed by atoms with van der Waals surface area (Å²) in [5.41, 5.74) is 0. The van der Waals surface area contributed by atoms with Gasteiger partial charge in [-0.1, -0.05) is 0 Å². The fourth-order valence-electron chi connectivity index (χ4n) is 0.396. The van der Waals surface area contributed by atoms with E-state index >= 15 is 0 Å². The van der Waals surface area contributed by atoms with Crippen LogP contribution in [-0.2, 0) is 9.53 Å². The first-order valence-electron chi connectivity index (χ1n) is 3.02. The van der Waals surface area contributed by atoms with Crippen LogP contribution in [0.3, 0.4) is 0 Å². The van der Waals surface area contributed by atoms with Crippen LogP contribution in [0, 0.1) is 11.3 Å². The quantitative estimate of drug-likeness (QED) is 0.575. The molecule has 0 aromatic heterocycles. The number of nitrogens with zero attached hydrogens (tertiary/aromatic N) is 1. The lowest BCUT2D eigenvalue weighted by Gasteiger charge is -2.03. The zero-order chi connectivity index (χ0) is 8.69. The molecule has 0 rings (SSSR count). The monoisotopic (exact) mass is 156 g/mol. The highest BCUT2D eigenvalue weighted by Crippen LogP contribution is 1.79. The van der Waals surface area contributed by atoms with Crippen LogP contribution in [-0.4, -0.2) is 25.0 Å². The Morgan fingerprint density at radius 3 is 2.91 bits per heavy atom. The van der Waals surface area contributed by atoms with Gasteiger partial charge in [-0.05, 0) is 6.92 Å². The highest BCUT2D eigenvalue weighted by molar-refractivity contribution is 5.74. The highest BCUT2D eigenvalue weighted by atomic mass is 16.5. The number of rotatable bonds is 3. The molecular weight excluding hydrogens is 148 g/mol. The largest absolute Gasteiger partial charge is 0.450 e. The van der Waals surface area contributed by atoms with Crippen LogP contribution in [0.1, 0.15) is 6.92 Å². The number of hydrogen-bond acceptors (Lipinski definition) is 4. The first-order valence-corrected chi connectivity index (χ1v) is 3.02. The van der Waals surface area contributed by atoms with Crippen LogP contribution in [0.2, 0.25) is 0 Å². The predicted molar refractivity (Wildman–Crippen MR) is 35.6 cm³/mol. The molecule has 0 saturated heterocycles. The van der Waals surface area contributed by atoms with Gasteiger partial charge in [0.2, 0.25) is 0 Å². The fraction of sp³-hybridized carbons (Fsp3) is 0.500. The molecule has 0 bridgehead atoms. The van der Waals surface area contributed by atoms with Crippen molar-refractivity contribution in [2.75, 3.05) is 6.61 Å². The maximum Gasteiger partial charge on any atom is 0.408 e. The van der Waals surface area contributed by atoms with Crippen molar-refractivity contribution in [2.45, 2.75) is 13.0 Å². The van der Waals surface area contributed by atoms with Gasteiger partial charge in [0.25, 0.3) is 0 Å². The normalized spacial score (nSPS) is 10.9. The standard InChI is InChI=1S/C6H8N2O3/c1-2-11-6(10)8-5(3-7)4-9/h4-5H,2H2,1H3,(H,8,10). The third-order valence-corrected chi connectivity index (χ3v) is 0.824. The lowest BCUT2D eigenvalue weighted by atomic mass is 10.4. The maximum atomic E-state index is 10.5. The van der Waals surface area contributed by atoms with Gasteiger partial charge in [0, 0.05) is 0 Å². The Morgan fingerprint density at radius 2 is 2.55 bits per heavy atom. The van der Waals surface area contributed by atoms with Crippen LogP contribution in [0.4, 0.5) is 4.79 Å². The van der Waals surface area contributed by atoms with Gasteiger partial charge in [0.15, 0.2) is 12.3 Å². The van der Waals surface area contributed by atoms with Crippen LogP contribution < -0.4 is 5.32 Å². The van der Waals surface area contributed by atoms with E-state index in [0.29, 0.717) is 6.29 Å².